The molecule has 1 saturated heterocycles. The van der Waals surface area contributed by atoms with Gasteiger partial charge in [0.25, 0.3) is 5.56 Å². The molecule has 9 heteroatoms. The highest BCUT2D eigenvalue weighted by Crippen LogP contribution is 2.34. The molecule has 4 rings (SSSR count). The van der Waals surface area contributed by atoms with Gasteiger partial charge in [0.15, 0.2) is 0 Å². The summed E-state index contributed by atoms with van der Waals surface area (Å²) in [4.78, 5) is 36.1. The van der Waals surface area contributed by atoms with Crippen molar-refractivity contribution in [2.45, 2.75) is 43.9 Å². The number of likely N-dealkylation sites (tertiary alicyclic amines) is 1. The third-order valence-electron chi connectivity index (χ3n) is 4.90. The average Bonchev–Trinajstić information content (AvgIpc) is 3.26. The van der Waals surface area contributed by atoms with Crippen LogP contribution in [-0.2, 0) is 23.4 Å². The van der Waals surface area contributed by atoms with E-state index >= 15 is 0 Å². The maximum absolute atomic E-state index is 12.4. The van der Waals surface area contributed by atoms with E-state index in [1.54, 1.807) is 23.1 Å². The molecule has 142 valence electrons. The number of aryl methyl sites for hydroxylation is 2. The number of H-pyrrole nitrogens is 1. The molecule has 0 unspecified atom stereocenters. The van der Waals surface area contributed by atoms with Gasteiger partial charge in [-0.2, -0.15) is 11.8 Å². The summed E-state index contributed by atoms with van der Waals surface area (Å²) in [5.41, 5.74) is 7.04. The minimum atomic E-state index is -0.0119. The van der Waals surface area contributed by atoms with E-state index in [1.165, 1.54) is 10.4 Å². The van der Waals surface area contributed by atoms with E-state index in [2.05, 4.69) is 9.97 Å². The van der Waals surface area contributed by atoms with Crippen LogP contribution in [0.15, 0.2) is 4.79 Å². The van der Waals surface area contributed by atoms with E-state index < -0.39 is 0 Å². The molecule has 0 radical (unpaired) electrons. The fourth-order valence-corrected chi connectivity index (χ4v) is 5.69. The van der Waals surface area contributed by atoms with Gasteiger partial charge in [-0.3, -0.25) is 9.59 Å². The lowest BCUT2D eigenvalue weighted by Gasteiger charge is -2.15. The summed E-state index contributed by atoms with van der Waals surface area (Å²) < 4.78 is 0. The fraction of sp³-hybridized carbons (Fsp3) is 0.588. The number of thiophene rings is 1. The molecule has 2 aromatic heterocycles. The van der Waals surface area contributed by atoms with Crippen LogP contribution < -0.4 is 11.3 Å². The number of carbonyl (C=O) groups excluding carboxylic acids is 1. The molecule has 1 aliphatic carbocycles. The second-order valence-electron chi connectivity index (χ2n) is 6.74. The summed E-state index contributed by atoms with van der Waals surface area (Å²) in [7, 11) is 0. The lowest BCUT2D eigenvalue weighted by Crippen LogP contribution is -2.32. The van der Waals surface area contributed by atoms with Gasteiger partial charge >= 0.3 is 0 Å². The van der Waals surface area contributed by atoms with E-state index in [4.69, 9.17) is 5.73 Å². The number of halogens is 1. The summed E-state index contributed by atoms with van der Waals surface area (Å²) in [6, 6.07) is 0.130. The van der Waals surface area contributed by atoms with Gasteiger partial charge in [-0.25, -0.2) is 4.98 Å². The molecule has 2 aromatic rings. The minimum Gasteiger partial charge on any atom is -0.341 e. The number of thioether (sulfide) groups is 1. The number of nitrogens with one attached hydrogen (secondary N) is 1. The molecule has 0 bridgehead atoms. The molecule has 3 heterocycles. The SMILES string of the molecule is Cl.N[C@@H]1CCN(C(=O)CCSCc2nc3sc4c(c3c(=O)[nH]2)CCC4)C1. The first-order valence-corrected chi connectivity index (χ1v) is 10.7. The van der Waals surface area contributed by atoms with Crippen LogP contribution >= 0.6 is 35.5 Å². The molecule has 1 amide bonds. The number of nitrogens with zero attached hydrogens (tertiary/aromatic N) is 2. The van der Waals surface area contributed by atoms with Crippen molar-refractivity contribution < 1.29 is 4.79 Å². The van der Waals surface area contributed by atoms with Gasteiger partial charge in [0, 0.05) is 36.2 Å². The van der Waals surface area contributed by atoms with Crippen LogP contribution in [-0.4, -0.2) is 45.7 Å². The number of rotatable bonds is 5. The fourth-order valence-electron chi connectivity index (χ4n) is 3.62. The van der Waals surface area contributed by atoms with Gasteiger partial charge in [-0.05, 0) is 31.2 Å². The quantitative estimate of drug-likeness (QED) is 0.731. The molecule has 1 atom stereocenters. The molecule has 0 spiro atoms. The Morgan fingerprint density at radius 2 is 2.27 bits per heavy atom. The second kappa shape index (κ2) is 8.29. The van der Waals surface area contributed by atoms with Crippen molar-refractivity contribution in [3.8, 4) is 0 Å². The molecule has 1 aliphatic heterocycles. The van der Waals surface area contributed by atoms with Gasteiger partial charge in [0.2, 0.25) is 5.91 Å². The molecule has 3 N–H and O–H groups in total. The highest BCUT2D eigenvalue weighted by Gasteiger charge is 2.23. The van der Waals surface area contributed by atoms with E-state index in [9.17, 15) is 9.59 Å². The van der Waals surface area contributed by atoms with Gasteiger partial charge < -0.3 is 15.6 Å². The Balaban J connectivity index is 0.00000196. The van der Waals surface area contributed by atoms with Crippen molar-refractivity contribution in [1.82, 2.24) is 14.9 Å². The zero-order chi connectivity index (χ0) is 17.4. The smallest absolute Gasteiger partial charge is 0.259 e. The number of nitrogens with two attached hydrogens (primary N) is 1. The Hall–Kier alpha value is -1.09. The Morgan fingerprint density at radius 1 is 1.42 bits per heavy atom. The molecular weight excluding hydrogens is 392 g/mol. The largest absolute Gasteiger partial charge is 0.341 e. The molecule has 6 nitrogen and oxygen atoms in total. The lowest BCUT2D eigenvalue weighted by molar-refractivity contribution is -0.129. The van der Waals surface area contributed by atoms with Crippen LogP contribution in [0.25, 0.3) is 10.2 Å². The van der Waals surface area contributed by atoms with Crippen LogP contribution in [0.3, 0.4) is 0 Å². The van der Waals surface area contributed by atoms with E-state index in [0.717, 1.165) is 48.2 Å². The second-order valence-corrected chi connectivity index (χ2v) is 8.93. The van der Waals surface area contributed by atoms with Crippen LogP contribution in [0, 0.1) is 0 Å². The predicted octanol–water partition coefficient (Wildman–Crippen LogP) is 2.08. The number of hydrogen-bond acceptors (Lipinski definition) is 6. The molecule has 2 aliphatic rings. The van der Waals surface area contributed by atoms with Crippen molar-refractivity contribution in [3.05, 3.63) is 26.6 Å². The third kappa shape index (κ3) is 3.93. The highest BCUT2D eigenvalue weighted by atomic mass is 35.5. The van der Waals surface area contributed by atoms with Crippen LogP contribution in [0.2, 0.25) is 0 Å². The first-order chi connectivity index (χ1) is 12.1. The van der Waals surface area contributed by atoms with E-state index in [0.29, 0.717) is 24.5 Å². The van der Waals surface area contributed by atoms with Gasteiger partial charge in [0.1, 0.15) is 10.7 Å². The number of aromatic amines is 1. The summed E-state index contributed by atoms with van der Waals surface area (Å²) in [6.07, 6.45) is 4.62. The molecule has 26 heavy (non-hydrogen) atoms. The average molecular weight is 415 g/mol. The first-order valence-electron chi connectivity index (χ1n) is 8.76. The van der Waals surface area contributed by atoms with Crippen molar-refractivity contribution >= 4 is 51.6 Å². The maximum Gasteiger partial charge on any atom is 0.259 e. The Bertz CT molecular complexity index is 866. The monoisotopic (exact) mass is 414 g/mol. The van der Waals surface area contributed by atoms with Crippen molar-refractivity contribution in [1.29, 1.82) is 0 Å². The number of aromatic nitrogens is 2. The highest BCUT2D eigenvalue weighted by molar-refractivity contribution is 7.98. The van der Waals surface area contributed by atoms with Gasteiger partial charge in [0.05, 0.1) is 11.1 Å². The Labute approximate surface area is 166 Å². The van der Waals surface area contributed by atoms with E-state index in [-0.39, 0.29) is 29.9 Å². The summed E-state index contributed by atoms with van der Waals surface area (Å²) in [5.74, 6) is 2.23. The van der Waals surface area contributed by atoms with Gasteiger partial charge in [-0.1, -0.05) is 0 Å². The number of fused-ring (bicyclic) bond motifs is 3. The standard InChI is InChI=1S/C17H22N4O2S2.ClH/c18-10-4-6-21(8-10)14(22)5-7-24-9-13-19-16(23)15-11-2-1-3-12(11)25-17(15)20-13;/h10H,1-9,18H2,(H,19,20,23);1H/t10-;/m1./s1. The minimum absolute atomic E-state index is 0. The lowest BCUT2D eigenvalue weighted by atomic mass is 10.2. The zero-order valence-corrected chi connectivity index (χ0v) is 16.9. The Kier molecular flexibility index (Phi) is 6.27. The van der Waals surface area contributed by atoms with E-state index in [1.807, 2.05) is 4.90 Å². The summed E-state index contributed by atoms with van der Waals surface area (Å²) in [5, 5.41) is 0.798. The number of carbonyl (C=O) groups is 1. The molecular formula is C17H23ClN4O2S2. The summed E-state index contributed by atoms with van der Waals surface area (Å²) in [6.45, 7) is 1.46. The van der Waals surface area contributed by atoms with Crippen LogP contribution in [0.5, 0.6) is 0 Å². The molecule has 1 fully saturated rings. The zero-order valence-electron chi connectivity index (χ0n) is 14.5. The number of hydrogen-bond donors (Lipinski definition) is 2. The van der Waals surface area contributed by atoms with Crippen LogP contribution in [0.1, 0.15) is 35.5 Å². The maximum atomic E-state index is 12.4. The van der Waals surface area contributed by atoms with Crippen molar-refractivity contribution in [2.75, 3.05) is 18.8 Å². The molecule has 0 aromatic carbocycles. The number of amides is 1. The predicted molar refractivity (Wildman–Crippen MR) is 109 cm³/mol. The van der Waals surface area contributed by atoms with Crippen LogP contribution in [0.4, 0.5) is 0 Å². The van der Waals surface area contributed by atoms with Gasteiger partial charge in [-0.15, -0.1) is 23.7 Å². The van der Waals surface area contributed by atoms with Crippen molar-refractivity contribution in [2.24, 2.45) is 5.73 Å². The van der Waals surface area contributed by atoms with Crippen molar-refractivity contribution in [3.63, 3.8) is 0 Å². The summed E-state index contributed by atoms with van der Waals surface area (Å²) >= 11 is 3.30. The third-order valence-corrected chi connectivity index (χ3v) is 7.06. The normalized spacial score (nSPS) is 19.0. The molecule has 0 saturated carbocycles. The first kappa shape index (κ1) is 19.7. The topological polar surface area (TPSA) is 92.1 Å². The Morgan fingerprint density at radius 3 is 3.04 bits per heavy atom.